The Kier molecular flexibility index (Phi) is 3.75. The molecule has 4 nitrogen and oxygen atoms in total. The van der Waals surface area contributed by atoms with E-state index in [9.17, 15) is 26.7 Å². The van der Waals surface area contributed by atoms with Gasteiger partial charge in [-0.25, -0.2) is 5.84 Å². The quantitative estimate of drug-likeness (QED) is 0.380. The summed E-state index contributed by atoms with van der Waals surface area (Å²) >= 11 is 0. The molecule has 100 valence electrons. The molecule has 0 unspecified atom stereocenters. The minimum absolute atomic E-state index is 0.547. The van der Waals surface area contributed by atoms with Crippen LogP contribution in [-0.2, 0) is 11.0 Å². The number of carbonyl (C=O) groups excluding carboxylic acids is 1. The predicted octanol–water partition coefficient (Wildman–Crippen LogP) is 1.67. The molecule has 9 heteroatoms. The van der Waals surface area contributed by atoms with Gasteiger partial charge in [0.2, 0.25) is 0 Å². The fourth-order valence-corrected chi connectivity index (χ4v) is 0.990. The molecule has 18 heavy (non-hydrogen) atoms. The van der Waals surface area contributed by atoms with Crippen LogP contribution in [-0.4, -0.2) is 12.0 Å². The van der Waals surface area contributed by atoms with Crippen LogP contribution in [0.3, 0.4) is 0 Å². The van der Waals surface area contributed by atoms with Gasteiger partial charge in [0, 0.05) is 0 Å². The van der Waals surface area contributed by atoms with Crippen molar-refractivity contribution in [2.45, 2.75) is 12.3 Å². The Balaban J connectivity index is 2.85. The molecule has 0 heterocycles. The Labute approximate surface area is 97.5 Å². The maximum atomic E-state index is 12.9. The largest absolute Gasteiger partial charge is 0.483 e. The number of ether oxygens (including phenoxy) is 1. The van der Waals surface area contributed by atoms with Crippen LogP contribution in [0.1, 0.15) is 5.56 Å². The summed E-state index contributed by atoms with van der Waals surface area (Å²) in [4.78, 5) is 10.6. The lowest BCUT2D eigenvalue weighted by Crippen LogP contribution is -2.47. The Morgan fingerprint density at radius 3 is 2.00 bits per heavy atom. The number of amides is 1. The lowest BCUT2D eigenvalue weighted by Gasteiger charge is -2.16. The van der Waals surface area contributed by atoms with E-state index in [1.165, 1.54) is 5.43 Å². The normalized spacial score (nSPS) is 12.1. The second-order valence-electron chi connectivity index (χ2n) is 3.11. The molecule has 0 saturated carbocycles. The predicted molar refractivity (Wildman–Crippen MR) is 49.3 cm³/mol. The lowest BCUT2D eigenvalue weighted by atomic mass is 10.2. The third kappa shape index (κ3) is 3.29. The van der Waals surface area contributed by atoms with Gasteiger partial charge in [0.25, 0.3) is 0 Å². The van der Waals surface area contributed by atoms with Gasteiger partial charge in [0.15, 0.2) is 0 Å². The second-order valence-corrected chi connectivity index (χ2v) is 3.11. The number of benzene rings is 1. The highest BCUT2D eigenvalue weighted by Gasteiger charge is 2.42. The van der Waals surface area contributed by atoms with E-state index in [-0.39, 0.29) is 0 Å². The standard InChI is InChI=1S/C9H7F5N2O2/c10-8(11,12)5-1-3-6(4-2-5)18-9(13,14)7(17)16-15/h1-4H,15H2,(H,16,17). The van der Waals surface area contributed by atoms with Gasteiger partial charge >= 0.3 is 18.2 Å². The molecule has 1 aromatic rings. The summed E-state index contributed by atoms with van der Waals surface area (Å²) in [5, 5.41) is 0. The number of carbonyl (C=O) groups is 1. The highest BCUT2D eigenvalue weighted by Crippen LogP contribution is 2.31. The fraction of sp³-hybridized carbons (Fsp3) is 0.222. The van der Waals surface area contributed by atoms with Crippen molar-refractivity contribution in [2.75, 3.05) is 0 Å². The maximum Gasteiger partial charge on any atom is 0.483 e. The van der Waals surface area contributed by atoms with Gasteiger partial charge in [-0.1, -0.05) is 0 Å². The minimum Gasteiger partial charge on any atom is -0.425 e. The zero-order valence-corrected chi connectivity index (χ0v) is 8.59. The topological polar surface area (TPSA) is 64.3 Å². The summed E-state index contributed by atoms with van der Waals surface area (Å²) in [7, 11) is 0. The van der Waals surface area contributed by atoms with E-state index in [4.69, 9.17) is 0 Å². The van der Waals surface area contributed by atoms with Gasteiger partial charge in [-0.05, 0) is 24.3 Å². The Morgan fingerprint density at radius 1 is 1.11 bits per heavy atom. The van der Waals surface area contributed by atoms with Crippen LogP contribution >= 0.6 is 0 Å². The number of nitrogens with two attached hydrogens (primary N) is 1. The van der Waals surface area contributed by atoms with Crippen molar-refractivity contribution in [1.29, 1.82) is 0 Å². The summed E-state index contributed by atoms with van der Waals surface area (Å²) in [5.74, 6) is 1.97. The number of hydrogen-bond acceptors (Lipinski definition) is 3. The first-order chi connectivity index (χ1) is 8.16. The molecule has 0 saturated heterocycles. The summed E-state index contributed by atoms with van der Waals surface area (Å²) < 4.78 is 66.2. The summed E-state index contributed by atoms with van der Waals surface area (Å²) in [6.07, 6.45) is -8.86. The molecular weight excluding hydrogens is 263 g/mol. The van der Waals surface area contributed by atoms with Gasteiger partial charge in [0.1, 0.15) is 5.75 Å². The van der Waals surface area contributed by atoms with E-state index in [0.29, 0.717) is 24.3 Å². The van der Waals surface area contributed by atoms with E-state index in [0.717, 1.165) is 0 Å². The molecular formula is C9H7F5N2O2. The van der Waals surface area contributed by atoms with E-state index >= 15 is 0 Å². The minimum atomic E-state index is -4.59. The molecule has 0 radical (unpaired) electrons. The van der Waals surface area contributed by atoms with Crippen molar-refractivity contribution >= 4 is 5.91 Å². The third-order valence-corrected chi connectivity index (χ3v) is 1.82. The number of alkyl halides is 5. The zero-order valence-electron chi connectivity index (χ0n) is 8.59. The van der Waals surface area contributed by atoms with Crippen LogP contribution in [0.5, 0.6) is 5.75 Å². The van der Waals surface area contributed by atoms with Crippen LogP contribution < -0.4 is 16.0 Å². The number of nitrogens with one attached hydrogen (secondary N) is 1. The van der Waals surface area contributed by atoms with Crippen LogP contribution in [0.2, 0.25) is 0 Å². The first-order valence-electron chi connectivity index (χ1n) is 4.42. The van der Waals surface area contributed by atoms with E-state index in [2.05, 4.69) is 10.6 Å². The van der Waals surface area contributed by atoms with Gasteiger partial charge in [0.05, 0.1) is 5.56 Å². The molecule has 0 aliphatic heterocycles. The van der Waals surface area contributed by atoms with Crippen molar-refractivity contribution in [3.05, 3.63) is 29.8 Å². The summed E-state index contributed by atoms with van der Waals surface area (Å²) in [6, 6.07) is 2.43. The van der Waals surface area contributed by atoms with Gasteiger partial charge < -0.3 is 4.74 Å². The highest BCUT2D eigenvalue weighted by molar-refractivity contribution is 5.81. The van der Waals surface area contributed by atoms with Crippen molar-refractivity contribution in [1.82, 2.24) is 5.43 Å². The number of hydrogen-bond donors (Lipinski definition) is 2. The number of rotatable bonds is 3. The van der Waals surface area contributed by atoms with Gasteiger partial charge in [-0.2, -0.15) is 22.0 Å². The lowest BCUT2D eigenvalue weighted by molar-refractivity contribution is -0.192. The molecule has 0 spiro atoms. The molecule has 0 aliphatic rings. The fourth-order valence-electron chi connectivity index (χ4n) is 0.990. The van der Waals surface area contributed by atoms with Crippen molar-refractivity contribution in [3.8, 4) is 5.75 Å². The Hall–Kier alpha value is -1.90. The van der Waals surface area contributed by atoms with Crippen LogP contribution in [0.15, 0.2) is 24.3 Å². The molecule has 1 aromatic carbocycles. The average molecular weight is 270 g/mol. The third-order valence-electron chi connectivity index (χ3n) is 1.82. The van der Waals surface area contributed by atoms with Gasteiger partial charge in [-0.3, -0.25) is 10.2 Å². The zero-order chi connectivity index (χ0) is 14.0. The van der Waals surface area contributed by atoms with Crippen molar-refractivity contribution in [3.63, 3.8) is 0 Å². The number of hydrazine groups is 1. The van der Waals surface area contributed by atoms with Crippen molar-refractivity contribution in [2.24, 2.45) is 5.84 Å². The monoisotopic (exact) mass is 270 g/mol. The summed E-state index contributed by atoms with van der Waals surface area (Å²) in [5.41, 5.74) is 0.141. The van der Waals surface area contributed by atoms with Gasteiger partial charge in [-0.15, -0.1) is 0 Å². The molecule has 3 N–H and O–H groups in total. The van der Waals surface area contributed by atoms with E-state index in [1.807, 2.05) is 0 Å². The first-order valence-corrected chi connectivity index (χ1v) is 4.42. The smallest absolute Gasteiger partial charge is 0.425 e. The Bertz CT molecular complexity index is 430. The molecule has 1 rings (SSSR count). The van der Waals surface area contributed by atoms with Crippen LogP contribution in [0.25, 0.3) is 0 Å². The number of halogens is 5. The average Bonchev–Trinajstić information content (AvgIpc) is 2.26. The molecule has 0 aromatic heterocycles. The maximum absolute atomic E-state index is 12.9. The summed E-state index contributed by atoms with van der Waals surface area (Å²) in [6.45, 7) is 0. The van der Waals surface area contributed by atoms with Crippen molar-refractivity contribution < 1.29 is 31.5 Å². The molecule has 0 fully saturated rings. The molecule has 0 atom stereocenters. The van der Waals surface area contributed by atoms with Crippen LogP contribution in [0.4, 0.5) is 22.0 Å². The van der Waals surface area contributed by atoms with Crippen LogP contribution in [0, 0.1) is 0 Å². The second kappa shape index (κ2) is 4.77. The molecule has 0 aliphatic carbocycles. The SMILES string of the molecule is NNC(=O)C(F)(F)Oc1ccc(C(F)(F)F)cc1. The van der Waals surface area contributed by atoms with E-state index in [1.54, 1.807) is 0 Å². The Morgan fingerprint density at radius 2 is 1.61 bits per heavy atom. The van der Waals surface area contributed by atoms with E-state index < -0.39 is 29.5 Å². The molecule has 1 amide bonds. The highest BCUT2D eigenvalue weighted by atomic mass is 19.4. The first kappa shape index (κ1) is 14.2. The molecule has 0 bridgehead atoms.